The van der Waals surface area contributed by atoms with E-state index in [4.69, 9.17) is 14.5 Å². The van der Waals surface area contributed by atoms with Crippen LogP contribution in [0.2, 0.25) is 0 Å². The zero-order chi connectivity index (χ0) is 31.6. The molecule has 0 aliphatic carbocycles. The first kappa shape index (κ1) is 31.1. The maximum atomic E-state index is 14.4. The highest BCUT2D eigenvalue weighted by molar-refractivity contribution is 8.00. The van der Waals surface area contributed by atoms with Gasteiger partial charge in [0.2, 0.25) is 5.91 Å². The van der Waals surface area contributed by atoms with Gasteiger partial charge in [-0.1, -0.05) is 66.4 Å². The lowest BCUT2D eigenvalue weighted by Crippen LogP contribution is -2.60. The third-order valence-electron chi connectivity index (χ3n) is 7.44. The molecule has 0 spiro atoms. The predicted molar refractivity (Wildman–Crippen MR) is 170 cm³/mol. The van der Waals surface area contributed by atoms with Crippen LogP contribution in [0.5, 0.6) is 0 Å². The number of hydrogen-bond acceptors (Lipinski definition) is 8. The van der Waals surface area contributed by atoms with Crippen LogP contribution in [0.3, 0.4) is 0 Å². The van der Waals surface area contributed by atoms with Gasteiger partial charge in [-0.05, 0) is 56.2 Å². The molecule has 1 aromatic heterocycles. The molecule has 3 aromatic carbocycles. The Balaban J connectivity index is 1.53. The monoisotopic (exact) mass is 616 g/mol. The molecule has 0 radical (unpaired) electrons. The minimum Gasteiger partial charge on any atom is -0.467 e. The van der Waals surface area contributed by atoms with Crippen LogP contribution in [-0.2, 0) is 25.6 Å². The standard InChI is InChI=1S/C33H36N4O6S/c1-6-36-28(38)24-18-22-14-10-11-15-23(22)19-25(24)34-31(36)44-27(21-12-8-7-9-13-21)29(39)37-17-16-35(20-26(37)30(40)42-5)32(41)43-33(2,3)4/h7-15,18-19,26-27H,6,16-17,20H2,1-5H3/t26-,27?/m1/s1. The number of nitrogens with zero attached hydrogens (tertiary/aromatic N) is 4. The molecule has 1 fully saturated rings. The van der Waals surface area contributed by atoms with Crippen LogP contribution in [0, 0.1) is 0 Å². The van der Waals surface area contributed by atoms with Crippen molar-refractivity contribution < 1.29 is 23.9 Å². The van der Waals surface area contributed by atoms with Gasteiger partial charge in [-0.25, -0.2) is 14.6 Å². The van der Waals surface area contributed by atoms with Gasteiger partial charge in [0.05, 0.1) is 24.6 Å². The summed E-state index contributed by atoms with van der Waals surface area (Å²) in [6.45, 7) is 7.73. The number of ether oxygens (including phenoxy) is 2. The van der Waals surface area contributed by atoms with E-state index < -0.39 is 29.0 Å². The molecule has 1 aliphatic heterocycles. The summed E-state index contributed by atoms with van der Waals surface area (Å²) < 4.78 is 12.2. The number of methoxy groups -OCH3 is 1. The van der Waals surface area contributed by atoms with E-state index in [2.05, 4.69) is 0 Å². The van der Waals surface area contributed by atoms with Crippen LogP contribution in [-0.4, -0.2) is 75.7 Å². The summed E-state index contributed by atoms with van der Waals surface area (Å²) in [4.78, 5) is 61.7. The smallest absolute Gasteiger partial charge is 0.410 e. The van der Waals surface area contributed by atoms with E-state index in [1.165, 1.54) is 28.7 Å². The number of thioether (sulfide) groups is 1. The van der Waals surface area contributed by atoms with Crippen molar-refractivity contribution in [1.82, 2.24) is 19.4 Å². The first-order valence-electron chi connectivity index (χ1n) is 14.5. The largest absolute Gasteiger partial charge is 0.467 e. The Morgan fingerprint density at radius 3 is 2.30 bits per heavy atom. The maximum Gasteiger partial charge on any atom is 0.410 e. The molecule has 0 saturated carbocycles. The Labute approximate surface area is 259 Å². The molecule has 10 nitrogen and oxygen atoms in total. The van der Waals surface area contributed by atoms with Crippen molar-refractivity contribution in [2.24, 2.45) is 0 Å². The van der Waals surface area contributed by atoms with Crippen LogP contribution in [0.1, 0.15) is 38.5 Å². The maximum absolute atomic E-state index is 14.4. The fraction of sp³-hybridized carbons (Fsp3) is 0.364. The Kier molecular flexibility index (Phi) is 8.96. The average molecular weight is 617 g/mol. The lowest BCUT2D eigenvalue weighted by atomic mass is 10.1. The first-order chi connectivity index (χ1) is 21.0. The molecule has 1 aliphatic rings. The lowest BCUT2D eigenvalue weighted by molar-refractivity contribution is -0.155. The molecule has 1 saturated heterocycles. The van der Waals surface area contributed by atoms with Crippen molar-refractivity contribution >= 4 is 51.4 Å². The summed E-state index contributed by atoms with van der Waals surface area (Å²) in [7, 11) is 1.25. The minimum absolute atomic E-state index is 0.0690. The highest BCUT2D eigenvalue weighted by Gasteiger charge is 2.42. The molecular formula is C33H36N4O6S. The normalized spacial score (nSPS) is 16.2. The van der Waals surface area contributed by atoms with Gasteiger partial charge in [0.1, 0.15) is 16.9 Å². The molecule has 44 heavy (non-hydrogen) atoms. The molecule has 5 rings (SSSR count). The fourth-order valence-corrected chi connectivity index (χ4v) is 6.51. The van der Waals surface area contributed by atoms with E-state index in [9.17, 15) is 19.2 Å². The summed E-state index contributed by atoms with van der Waals surface area (Å²) in [5, 5.41) is 1.96. The van der Waals surface area contributed by atoms with E-state index in [1.807, 2.05) is 73.7 Å². The number of esters is 1. The number of carbonyl (C=O) groups is 3. The molecule has 2 amide bonds. The van der Waals surface area contributed by atoms with Gasteiger partial charge in [0, 0.05) is 19.6 Å². The van der Waals surface area contributed by atoms with Crippen molar-refractivity contribution in [1.29, 1.82) is 0 Å². The number of aromatic nitrogens is 2. The zero-order valence-corrected chi connectivity index (χ0v) is 26.3. The molecule has 2 heterocycles. The summed E-state index contributed by atoms with van der Waals surface area (Å²) in [5.41, 5.74) is 0.326. The van der Waals surface area contributed by atoms with Crippen LogP contribution in [0.25, 0.3) is 21.7 Å². The minimum atomic E-state index is -1.04. The second kappa shape index (κ2) is 12.7. The van der Waals surface area contributed by atoms with E-state index >= 15 is 0 Å². The van der Waals surface area contributed by atoms with Crippen molar-refractivity contribution in [3.05, 3.63) is 82.6 Å². The molecule has 4 aromatic rings. The highest BCUT2D eigenvalue weighted by atomic mass is 32.2. The quantitative estimate of drug-likeness (QED) is 0.129. The van der Waals surface area contributed by atoms with E-state index in [1.54, 1.807) is 25.3 Å². The van der Waals surface area contributed by atoms with Crippen molar-refractivity contribution in [2.45, 2.75) is 56.3 Å². The molecule has 0 N–H and O–H groups in total. The Morgan fingerprint density at radius 1 is 1.00 bits per heavy atom. The van der Waals surface area contributed by atoms with E-state index in [-0.39, 0.29) is 31.1 Å². The second-order valence-electron chi connectivity index (χ2n) is 11.6. The third kappa shape index (κ3) is 6.42. The van der Waals surface area contributed by atoms with Gasteiger partial charge in [0.25, 0.3) is 5.56 Å². The number of amides is 2. The highest BCUT2D eigenvalue weighted by Crippen LogP contribution is 2.37. The fourth-order valence-electron chi connectivity index (χ4n) is 5.28. The predicted octanol–water partition coefficient (Wildman–Crippen LogP) is 5.02. The molecule has 1 unspecified atom stereocenters. The van der Waals surface area contributed by atoms with Gasteiger partial charge in [-0.2, -0.15) is 0 Å². The van der Waals surface area contributed by atoms with Gasteiger partial charge in [0.15, 0.2) is 5.16 Å². The van der Waals surface area contributed by atoms with Crippen LogP contribution >= 0.6 is 11.8 Å². The summed E-state index contributed by atoms with van der Waals surface area (Å²) >= 11 is 1.17. The Bertz CT molecular complexity index is 1770. The van der Waals surface area contributed by atoms with Gasteiger partial charge >= 0.3 is 12.1 Å². The second-order valence-corrected chi connectivity index (χ2v) is 12.6. The van der Waals surface area contributed by atoms with E-state index in [0.29, 0.717) is 28.2 Å². The Hall–Kier alpha value is -4.38. The molecule has 0 bridgehead atoms. The molecular weight excluding hydrogens is 580 g/mol. The number of piperazine rings is 1. The van der Waals surface area contributed by atoms with Crippen molar-refractivity contribution in [3.63, 3.8) is 0 Å². The molecule has 11 heteroatoms. The van der Waals surface area contributed by atoms with Crippen molar-refractivity contribution in [2.75, 3.05) is 26.7 Å². The topological polar surface area (TPSA) is 111 Å². The number of carbonyl (C=O) groups excluding carboxylic acids is 3. The van der Waals surface area contributed by atoms with Crippen LogP contribution in [0.15, 0.2) is 76.7 Å². The number of fused-ring (bicyclic) bond motifs is 2. The molecule has 230 valence electrons. The molecule has 2 atom stereocenters. The van der Waals surface area contributed by atoms with Gasteiger partial charge < -0.3 is 19.3 Å². The SMILES string of the molecule is CCn1c(SC(C(=O)N2CCN(C(=O)OC(C)(C)C)C[C@@H]2C(=O)OC)c2ccccc2)nc2cc3ccccc3cc2c1=O. The summed E-state index contributed by atoms with van der Waals surface area (Å²) in [6, 6.07) is 19.7. The summed E-state index contributed by atoms with van der Waals surface area (Å²) in [6.07, 6.45) is -0.563. The zero-order valence-electron chi connectivity index (χ0n) is 25.5. The van der Waals surface area contributed by atoms with Gasteiger partial charge in [-0.3, -0.25) is 14.2 Å². The number of benzene rings is 3. The average Bonchev–Trinajstić information content (AvgIpc) is 3.01. The van der Waals surface area contributed by atoms with Crippen LogP contribution < -0.4 is 5.56 Å². The van der Waals surface area contributed by atoms with E-state index in [0.717, 1.165) is 10.8 Å². The number of hydrogen-bond donors (Lipinski definition) is 0. The first-order valence-corrected chi connectivity index (χ1v) is 15.4. The third-order valence-corrected chi connectivity index (χ3v) is 8.67. The van der Waals surface area contributed by atoms with Crippen molar-refractivity contribution in [3.8, 4) is 0 Å². The number of rotatable bonds is 6. The summed E-state index contributed by atoms with van der Waals surface area (Å²) in [5.74, 6) is -0.986. The van der Waals surface area contributed by atoms with Gasteiger partial charge in [-0.15, -0.1) is 0 Å². The Morgan fingerprint density at radius 2 is 1.66 bits per heavy atom. The lowest BCUT2D eigenvalue weighted by Gasteiger charge is -2.41. The van der Waals surface area contributed by atoms with Crippen LogP contribution in [0.4, 0.5) is 4.79 Å².